The van der Waals surface area contributed by atoms with Gasteiger partial charge in [-0.3, -0.25) is 4.79 Å². The Bertz CT molecular complexity index is 619. The first-order valence-corrected chi connectivity index (χ1v) is 9.37. The van der Waals surface area contributed by atoms with E-state index in [4.69, 9.17) is 0 Å². The molecule has 0 bridgehead atoms. The van der Waals surface area contributed by atoms with Crippen molar-refractivity contribution in [2.45, 2.75) is 46.5 Å². The molecule has 1 aromatic heterocycles. The fourth-order valence-corrected chi connectivity index (χ4v) is 3.30. The van der Waals surface area contributed by atoms with Crippen LogP contribution in [0.4, 0.5) is 0 Å². The van der Waals surface area contributed by atoms with Crippen molar-refractivity contribution in [3.8, 4) is 10.6 Å². The molecule has 0 radical (unpaired) electrons. The molecule has 0 aliphatic heterocycles. The van der Waals surface area contributed by atoms with Gasteiger partial charge in [-0.25, -0.2) is 4.98 Å². The van der Waals surface area contributed by atoms with Gasteiger partial charge in [0.15, 0.2) is 0 Å². The number of carbonyl (C=O) groups is 1. The molecule has 0 aliphatic rings. The zero-order valence-corrected chi connectivity index (χ0v) is 15.2. The maximum Gasteiger partial charge on any atom is 0.228 e. The summed E-state index contributed by atoms with van der Waals surface area (Å²) in [6, 6.07) is 8.52. The molecule has 1 heterocycles. The summed E-state index contributed by atoms with van der Waals surface area (Å²) in [6.45, 7) is 7.96. The quantitative estimate of drug-likeness (QED) is 0.710. The van der Waals surface area contributed by atoms with Crippen molar-refractivity contribution in [3.05, 3.63) is 40.9 Å². The highest BCUT2D eigenvalue weighted by Gasteiger charge is 2.14. The number of amides is 1. The Morgan fingerprint density at radius 3 is 2.52 bits per heavy atom. The van der Waals surface area contributed by atoms with Crippen LogP contribution in [-0.2, 0) is 17.6 Å². The van der Waals surface area contributed by atoms with Crippen LogP contribution < -0.4 is 0 Å². The van der Waals surface area contributed by atoms with E-state index >= 15 is 0 Å². The van der Waals surface area contributed by atoms with Gasteiger partial charge >= 0.3 is 0 Å². The molecule has 1 amide bonds. The molecule has 0 spiro atoms. The first-order valence-electron chi connectivity index (χ1n) is 8.49. The monoisotopic (exact) mass is 330 g/mol. The van der Waals surface area contributed by atoms with Crippen molar-refractivity contribution in [2.75, 3.05) is 13.1 Å². The normalized spacial score (nSPS) is 10.7. The number of likely N-dealkylation sites (N-methyl/N-ethyl adjacent to an activating group) is 1. The fourth-order valence-electron chi connectivity index (χ4n) is 2.48. The zero-order chi connectivity index (χ0) is 16.7. The molecule has 0 aliphatic carbocycles. The zero-order valence-electron chi connectivity index (χ0n) is 14.3. The Morgan fingerprint density at radius 2 is 1.91 bits per heavy atom. The third-order valence-corrected chi connectivity index (χ3v) is 4.95. The Kier molecular flexibility index (Phi) is 6.78. The molecule has 2 rings (SSSR count). The summed E-state index contributed by atoms with van der Waals surface area (Å²) in [5.74, 6) is 0.180. The van der Waals surface area contributed by atoms with Crippen molar-refractivity contribution >= 4 is 17.2 Å². The average molecular weight is 330 g/mol. The molecule has 4 heteroatoms. The van der Waals surface area contributed by atoms with Crippen LogP contribution in [0.1, 0.15) is 44.9 Å². The minimum atomic E-state index is 0.180. The van der Waals surface area contributed by atoms with E-state index < -0.39 is 0 Å². The molecule has 0 unspecified atom stereocenters. The van der Waals surface area contributed by atoms with Crippen LogP contribution in [-0.4, -0.2) is 28.9 Å². The van der Waals surface area contributed by atoms with Crippen LogP contribution >= 0.6 is 11.3 Å². The van der Waals surface area contributed by atoms with Crippen LogP contribution in [0.15, 0.2) is 29.6 Å². The summed E-state index contributed by atoms with van der Waals surface area (Å²) in [4.78, 5) is 18.9. The first kappa shape index (κ1) is 17.7. The lowest BCUT2D eigenvalue weighted by Gasteiger charge is -2.20. The van der Waals surface area contributed by atoms with Gasteiger partial charge < -0.3 is 4.90 Å². The number of hydrogen-bond donors (Lipinski definition) is 0. The molecule has 3 nitrogen and oxygen atoms in total. The third-order valence-electron chi connectivity index (χ3n) is 4.01. The maximum absolute atomic E-state index is 12.4. The van der Waals surface area contributed by atoms with Gasteiger partial charge in [-0.05, 0) is 25.3 Å². The molecule has 0 N–H and O–H groups in total. The topological polar surface area (TPSA) is 33.2 Å². The van der Waals surface area contributed by atoms with Gasteiger partial charge in [0.05, 0.1) is 12.1 Å². The molecule has 0 atom stereocenters. The summed E-state index contributed by atoms with van der Waals surface area (Å²) < 4.78 is 0. The second-order valence-electron chi connectivity index (χ2n) is 5.70. The number of rotatable bonds is 8. The Morgan fingerprint density at radius 1 is 1.17 bits per heavy atom. The lowest BCUT2D eigenvalue weighted by Crippen LogP contribution is -2.33. The number of carbonyl (C=O) groups excluding carboxylic acids is 1. The summed E-state index contributed by atoms with van der Waals surface area (Å²) in [7, 11) is 0. The van der Waals surface area contributed by atoms with E-state index in [9.17, 15) is 4.79 Å². The predicted octanol–water partition coefficient (Wildman–Crippen LogP) is 4.56. The van der Waals surface area contributed by atoms with Gasteiger partial charge in [-0.15, -0.1) is 11.3 Å². The summed E-state index contributed by atoms with van der Waals surface area (Å²) >= 11 is 1.61. The van der Waals surface area contributed by atoms with Gasteiger partial charge in [-0.2, -0.15) is 0 Å². The smallest absolute Gasteiger partial charge is 0.228 e. The molecule has 124 valence electrons. The Balaban J connectivity index is 2.02. The van der Waals surface area contributed by atoms with Crippen LogP contribution in [0.25, 0.3) is 10.6 Å². The standard InChI is InChI=1S/C19H26N2OS/c1-4-7-12-21(6-3)18(22)13-17-14-23-19(20-17)16-10-8-15(5-2)9-11-16/h8-11,14H,4-7,12-13H2,1-3H3. The second-order valence-corrected chi connectivity index (χ2v) is 6.56. The maximum atomic E-state index is 12.4. The second kappa shape index (κ2) is 8.82. The van der Waals surface area contributed by atoms with Crippen molar-refractivity contribution in [3.63, 3.8) is 0 Å². The Hall–Kier alpha value is -1.68. The largest absolute Gasteiger partial charge is 0.343 e. The molecular weight excluding hydrogens is 304 g/mol. The number of benzene rings is 1. The number of unbranched alkanes of at least 4 members (excludes halogenated alkanes) is 1. The van der Waals surface area contributed by atoms with Crippen molar-refractivity contribution in [1.29, 1.82) is 0 Å². The SMILES string of the molecule is CCCCN(CC)C(=O)Cc1csc(-c2ccc(CC)cc2)n1. The van der Waals surface area contributed by atoms with Crippen LogP contribution in [0.3, 0.4) is 0 Å². The van der Waals surface area contributed by atoms with Crippen LogP contribution in [0.2, 0.25) is 0 Å². The molecular formula is C19H26N2OS. The van der Waals surface area contributed by atoms with Gasteiger partial charge in [0, 0.05) is 24.0 Å². The van der Waals surface area contributed by atoms with Gasteiger partial charge in [-0.1, -0.05) is 44.5 Å². The molecule has 0 saturated heterocycles. The average Bonchev–Trinajstić information content (AvgIpc) is 3.04. The van der Waals surface area contributed by atoms with Crippen molar-refractivity contribution in [2.24, 2.45) is 0 Å². The molecule has 0 saturated carbocycles. The molecule has 0 fully saturated rings. The predicted molar refractivity (Wildman–Crippen MR) is 97.8 cm³/mol. The summed E-state index contributed by atoms with van der Waals surface area (Å²) in [6.07, 6.45) is 3.62. The van der Waals surface area contributed by atoms with E-state index in [1.807, 2.05) is 17.2 Å². The minimum Gasteiger partial charge on any atom is -0.343 e. The number of aromatic nitrogens is 1. The number of hydrogen-bond acceptors (Lipinski definition) is 3. The molecule has 2 aromatic rings. The van der Waals surface area contributed by atoms with E-state index in [-0.39, 0.29) is 5.91 Å². The van der Waals surface area contributed by atoms with Gasteiger partial charge in [0.25, 0.3) is 0 Å². The van der Waals surface area contributed by atoms with E-state index in [0.29, 0.717) is 6.42 Å². The lowest BCUT2D eigenvalue weighted by atomic mass is 10.1. The highest BCUT2D eigenvalue weighted by atomic mass is 32.1. The summed E-state index contributed by atoms with van der Waals surface area (Å²) in [5.41, 5.74) is 3.34. The van der Waals surface area contributed by atoms with E-state index in [2.05, 4.69) is 43.1 Å². The van der Waals surface area contributed by atoms with E-state index in [1.165, 1.54) is 5.56 Å². The Labute approximate surface area is 143 Å². The fraction of sp³-hybridized carbons (Fsp3) is 0.474. The number of thiazole rings is 1. The van der Waals surface area contributed by atoms with E-state index in [0.717, 1.165) is 48.6 Å². The molecule has 23 heavy (non-hydrogen) atoms. The van der Waals surface area contributed by atoms with Crippen molar-refractivity contribution in [1.82, 2.24) is 9.88 Å². The van der Waals surface area contributed by atoms with E-state index in [1.54, 1.807) is 11.3 Å². The van der Waals surface area contributed by atoms with Gasteiger partial charge in [0.2, 0.25) is 5.91 Å². The molecule has 1 aromatic carbocycles. The third kappa shape index (κ3) is 4.90. The van der Waals surface area contributed by atoms with Crippen molar-refractivity contribution < 1.29 is 4.79 Å². The number of aryl methyl sites for hydroxylation is 1. The summed E-state index contributed by atoms with van der Waals surface area (Å²) in [5, 5.41) is 3.00. The minimum absolute atomic E-state index is 0.180. The van der Waals surface area contributed by atoms with Gasteiger partial charge in [0.1, 0.15) is 5.01 Å². The number of nitrogens with zero attached hydrogens (tertiary/aromatic N) is 2. The highest BCUT2D eigenvalue weighted by molar-refractivity contribution is 7.13. The highest BCUT2D eigenvalue weighted by Crippen LogP contribution is 2.24. The lowest BCUT2D eigenvalue weighted by molar-refractivity contribution is -0.130. The first-order chi connectivity index (χ1) is 11.2. The van der Waals surface area contributed by atoms with Crippen LogP contribution in [0, 0.1) is 0 Å². The van der Waals surface area contributed by atoms with Crippen LogP contribution in [0.5, 0.6) is 0 Å².